The van der Waals surface area contributed by atoms with Gasteiger partial charge in [0.15, 0.2) is 5.82 Å². The molecular formula is C15H20N4O2. The monoisotopic (exact) mass is 288 g/mol. The Morgan fingerprint density at radius 1 is 1.38 bits per heavy atom. The predicted octanol–water partition coefficient (Wildman–Crippen LogP) is 1.65. The summed E-state index contributed by atoms with van der Waals surface area (Å²) in [5.74, 6) is 2.49. The van der Waals surface area contributed by atoms with Gasteiger partial charge in [-0.15, -0.1) is 0 Å². The van der Waals surface area contributed by atoms with Gasteiger partial charge < -0.3 is 14.8 Å². The molecule has 0 amide bonds. The molecule has 21 heavy (non-hydrogen) atoms. The van der Waals surface area contributed by atoms with E-state index >= 15 is 0 Å². The van der Waals surface area contributed by atoms with Crippen molar-refractivity contribution in [3.05, 3.63) is 35.9 Å². The number of hydrogen-bond donors (Lipinski definition) is 1. The molecule has 0 atom stereocenters. The van der Waals surface area contributed by atoms with E-state index < -0.39 is 0 Å². The highest BCUT2D eigenvalue weighted by atomic mass is 16.5. The third-order valence-corrected chi connectivity index (χ3v) is 3.59. The molecule has 1 aliphatic carbocycles. The lowest BCUT2D eigenvalue weighted by Crippen LogP contribution is -2.16. The van der Waals surface area contributed by atoms with Gasteiger partial charge in [-0.05, 0) is 31.0 Å². The van der Waals surface area contributed by atoms with E-state index in [-0.39, 0.29) is 0 Å². The number of aromatic nitrogens is 3. The van der Waals surface area contributed by atoms with Gasteiger partial charge in [-0.2, -0.15) is 5.10 Å². The zero-order chi connectivity index (χ0) is 14.7. The Morgan fingerprint density at radius 3 is 2.90 bits per heavy atom. The minimum atomic E-state index is 0.402. The van der Waals surface area contributed by atoms with E-state index in [0.717, 1.165) is 29.4 Å². The SMILES string of the molecule is COc1ccc(OCc2ncnn2C)c(CNC2CC2)c1. The first-order valence-corrected chi connectivity index (χ1v) is 7.12. The Hall–Kier alpha value is -2.08. The summed E-state index contributed by atoms with van der Waals surface area (Å²) in [6.45, 7) is 1.19. The highest BCUT2D eigenvalue weighted by Crippen LogP contribution is 2.26. The summed E-state index contributed by atoms with van der Waals surface area (Å²) in [6.07, 6.45) is 4.06. The van der Waals surface area contributed by atoms with Gasteiger partial charge in [0.2, 0.25) is 0 Å². The number of aryl methyl sites for hydroxylation is 1. The minimum Gasteiger partial charge on any atom is -0.497 e. The summed E-state index contributed by atoms with van der Waals surface area (Å²) in [6, 6.07) is 6.52. The fourth-order valence-electron chi connectivity index (χ4n) is 2.10. The van der Waals surface area contributed by atoms with Crippen molar-refractivity contribution < 1.29 is 9.47 Å². The Kier molecular flexibility index (Phi) is 4.06. The normalized spacial score (nSPS) is 14.2. The second kappa shape index (κ2) is 6.13. The first-order chi connectivity index (χ1) is 10.3. The lowest BCUT2D eigenvalue weighted by molar-refractivity contribution is 0.285. The minimum absolute atomic E-state index is 0.402. The zero-order valence-electron chi connectivity index (χ0n) is 12.4. The van der Waals surface area contributed by atoms with Crippen LogP contribution in [-0.4, -0.2) is 27.9 Å². The molecule has 6 nitrogen and oxygen atoms in total. The first-order valence-electron chi connectivity index (χ1n) is 7.12. The molecule has 0 saturated heterocycles. The Balaban J connectivity index is 1.70. The van der Waals surface area contributed by atoms with Gasteiger partial charge in [0.05, 0.1) is 7.11 Å². The van der Waals surface area contributed by atoms with Crippen LogP contribution in [0, 0.1) is 0 Å². The zero-order valence-corrected chi connectivity index (χ0v) is 12.4. The van der Waals surface area contributed by atoms with Crippen molar-refractivity contribution in [3.63, 3.8) is 0 Å². The molecule has 0 unspecified atom stereocenters. The van der Waals surface area contributed by atoms with Crippen LogP contribution in [0.4, 0.5) is 0 Å². The predicted molar refractivity (Wildman–Crippen MR) is 78.2 cm³/mol. The summed E-state index contributed by atoms with van der Waals surface area (Å²) < 4.78 is 12.9. The van der Waals surface area contributed by atoms with E-state index in [1.165, 1.54) is 19.2 Å². The van der Waals surface area contributed by atoms with Crippen LogP contribution in [-0.2, 0) is 20.2 Å². The molecule has 2 aromatic rings. The number of ether oxygens (including phenoxy) is 2. The van der Waals surface area contributed by atoms with Gasteiger partial charge in [-0.3, -0.25) is 4.68 Å². The summed E-state index contributed by atoms with van der Waals surface area (Å²) in [4.78, 5) is 4.16. The lowest BCUT2D eigenvalue weighted by atomic mass is 10.2. The van der Waals surface area contributed by atoms with Crippen LogP contribution in [0.1, 0.15) is 24.2 Å². The molecule has 1 aliphatic rings. The Bertz CT molecular complexity index is 607. The molecule has 1 fully saturated rings. The number of methoxy groups -OCH3 is 1. The first kappa shape index (κ1) is 13.9. The van der Waals surface area contributed by atoms with E-state index in [1.54, 1.807) is 11.8 Å². The van der Waals surface area contributed by atoms with Gasteiger partial charge in [-0.1, -0.05) is 0 Å². The summed E-state index contributed by atoms with van der Waals surface area (Å²) in [5, 5.41) is 7.54. The lowest BCUT2D eigenvalue weighted by Gasteiger charge is -2.13. The Morgan fingerprint density at radius 2 is 2.24 bits per heavy atom. The smallest absolute Gasteiger partial charge is 0.164 e. The molecule has 3 rings (SSSR count). The van der Waals surface area contributed by atoms with Crippen LogP contribution < -0.4 is 14.8 Å². The molecule has 1 aromatic carbocycles. The molecule has 1 aromatic heterocycles. The van der Waals surface area contributed by atoms with E-state index in [0.29, 0.717) is 12.6 Å². The van der Waals surface area contributed by atoms with E-state index in [9.17, 15) is 0 Å². The van der Waals surface area contributed by atoms with Crippen molar-refractivity contribution in [1.82, 2.24) is 20.1 Å². The van der Waals surface area contributed by atoms with Crippen molar-refractivity contribution in [2.45, 2.75) is 32.0 Å². The van der Waals surface area contributed by atoms with Crippen LogP contribution >= 0.6 is 0 Å². The van der Waals surface area contributed by atoms with Crippen molar-refractivity contribution >= 4 is 0 Å². The van der Waals surface area contributed by atoms with Gasteiger partial charge >= 0.3 is 0 Å². The third-order valence-electron chi connectivity index (χ3n) is 3.59. The number of hydrogen-bond acceptors (Lipinski definition) is 5. The number of benzene rings is 1. The van der Waals surface area contributed by atoms with Gasteiger partial charge in [0.25, 0.3) is 0 Å². The van der Waals surface area contributed by atoms with E-state index in [4.69, 9.17) is 9.47 Å². The molecule has 1 saturated carbocycles. The average Bonchev–Trinajstić information content (AvgIpc) is 3.25. The molecule has 0 radical (unpaired) electrons. The standard InChI is InChI=1S/C15H20N4O2/c1-19-15(17-10-18-19)9-21-14-6-5-13(20-2)7-11(14)8-16-12-3-4-12/h5-7,10,12,16H,3-4,8-9H2,1-2H3. The van der Waals surface area contributed by atoms with Gasteiger partial charge in [0.1, 0.15) is 24.4 Å². The fraction of sp³-hybridized carbons (Fsp3) is 0.467. The van der Waals surface area contributed by atoms with Crippen molar-refractivity contribution in [2.75, 3.05) is 7.11 Å². The molecule has 0 bridgehead atoms. The second-order valence-corrected chi connectivity index (χ2v) is 5.22. The van der Waals surface area contributed by atoms with Crippen molar-refractivity contribution in [3.8, 4) is 11.5 Å². The summed E-state index contributed by atoms with van der Waals surface area (Å²) >= 11 is 0. The molecule has 0 spiro atoms. The molecule has 0 aliphatic heterocycles. The van der Waals surface area contributed by atoms with E-state index in [2.05, 4.69) is 15.4 Å². The summed E-state index contributed by atoms with van der Waals surface area (Å²) in [7, 11) is 3.53. The highest BCUT2D eigenvalue weighted by molar-refractivity contribution is 5.40. The molecular weight excluding hydrogens is 268 g/mol. The topological polar surface area (TPSA) is 61.2 Å². The van der Waals surface area contributed by atoms with Crippen LogP contribution in [0.3, 0.4) is 0 Å². The maximum absolute atomic E-state index is 5.90. The van der Waals surface area contributed by atoms with Gasteiger partial charge in [0, 0.05) is 25.2 Å². The largest absolute Gasteiger partial charge is 0.497 e. The van der Waals surface area contributed by atoms with Crippen molar-refractivity contribution in [1.29, 1.82) is 0 Å². The van der Waals surface area contributed by atoms with Crippen molar-refractivity contribution in [2.24, 2.45) is 7.05 Å². The molecule has 1 heterocycles. The van der Waals surface area contributed by atoms with E-state index in [1.807, 2.05) is 25.2 Å². The fourth-order valence-corrected chi connectivity index (χ4v) is 2.10. The van der Waals surface area contributed by atoms with Crippen LogP contribution in [0.15, 0.2) is 24.5 Å². The third kappa shape index (κ3) is 3.52. The molecule has 6 heteroatoms. The van der Waals surface area contributed by atoms with Crippen LogP contribution in [0.25, 0.3) is 0 Å². The Labute approximate surface area is 124 Å². The number of nitrogens with zero attached hydrogens (tertiary/aromatic N) is 3. The summed E-state index contributed by atoms with van der Waals surface area (Å²) in [5.41, 5.74) is 1.10. The van der Waals surface area contributed by atoms with Crippen LogP contribution in [0.2, 0.25) is 0 Å². The molecule has 1 N–H and O–H groups in total. The van der Waals surface area contributed by atoms with Crippen LogP contribution in [0.5, 0.6) is 11.5 Å². The second-order valence-electron chi connectivity index (χ2n) is 5.22. The molecule has 112 valence electrons. The maximum atomic E-state index is 5.90. The quantitative estimate of drug-likeness (QED) is 0.839. The maximum Gasteiger partial charge on any atom is 0.164 e. The number of nitrogens with one attached hydrogen (secondary N) is 1. The van der Waals surface area contributed by atoms with Gasteiger partial charge in [-0.25, -0.2) is 4.98 Å². The number of rotatable bonds is 7. The highest BCUT2D eigenvalue weighted by Gasteiger charge is 2.20. The average molecular weight is 288 g/mol.